The maximum absolute atomic E-state index is 12.6. The third-order valence-corrected chi connectivity index (χ3v) is 7.04. The van der Waals surface area contributed by atoms with Crippen LogP contribution in [0.2, 0.25) is 0 Å². The monoisotopic (exact) mass is 409 g/mol. The Bertz CT molecular complexity index is 862. The van der Waals surface area contributed by atoms with Crippen LogP contribution in [0.3, 0.4) is 0 Å². The Morgan fingerprint density at radius 2 is 1.89 bits per heavy atom. The number of benzene rings is 1. The molecule has 1 amide bonds. The summed E-state index contributed by atoms with van der Waals surface area (Å²) < 4.78 is 26.7. The summed E-state index contributed by atoms with van der Waals surface area (Å²) in [6.45, 7) is 3.45. The van der Waals surface area contributed by atoms with Gasteiger partial charge < -0.3 is 4.90 Å². The van der Waals surface area contributed by atoms with Crippen molar-refractivity contribution in [2.75, 3.05) is 31.9 Å². The first kappa shape index (κ1) is 19.8. The van der Waals surface area contributed by atoms with Crippen LogP contribution in [0.4, 0.5) is 0 Å². The lowest BCUT2D eigenvalue weighted by molar-refractivity contribution is -0.129. The third-order valence-electron chi connectivity index (χ3n) is 4.30. The molecule has 0 radical (unpaired) electrons. The number of nitrogens with zero attached hydrogens (tertiary/aromatic N) is 4. The number of rotatable bonds is 7. The highest BCUT2D eigenvalue weighted by Gasteiger charge is 2.29. The van der Waals surface area contributed by atoms with Crippen LogP contribution >= 0.6 is 11.8 Å². The fourth-order valence-corrected chi connectivity index (χ4v) is 4.99. The van der Waals surface area contributed by atoms with Crippen molar-refractivity contribution >= 4 is 27.7 Å². The van der Waals surface area contributed by atoms with Crippen molar-refractivity contribution in [1.29, 1.82) is 0 Å². The lowest BCUT2D eigenvalue weighted by Crippen LogP contribution is -2.50. The van der Waals surface area contributed by atoms with Crippen LogP contribution < -0.4 is 0 Å². The number of H-pyrrole nitrogens is 1. The molecule has 0 spiro atoms. The van der Waals surface area contributed by atoms with Crippen LogP contribution in [0.1, 0.15) is 19.2 Å². The summed E-state index contributed by atoms with van der Waals surface area (Å²) >= 11 is 1.30. The molecule has 0 atom stereocenters. The zero-order chi connectivity index (χ0) is 19.3. The Kier molecular flexibility index (Phi) is 6.51. The van der Waals surface area contributed by atoms with E-state index in [1.807, 2.05) is 0 Å². The molecule has 8 nitrogen and oxygen atoms in total. The summed E-state index contributed by atoms with van der Waals surface area (Å²) in [5, 5.41) is 7.53. The number of nitrogens with one attached hydrogen (secondary N) is 1. The number of aryl methyl sites for hydroxylation is 1. The zero-order valence-corrected chi connectivity index (χ0v) is 16.8. The van der Waals surface area contributed by atoms with Crippen LogP contribution in [0, 0.1) is 0 Å². The maximum atomic E-state index is 12.6. The molecule has 2 heterocycles. The van der Waals surface area contributed by atoms with Crippen molar-refractivity contribution in [2.24, 2.45) is 0 Å². The van der Waals surface area contributed by atoms with Crippen molar-refractivity contribution in [3.63, 3.8) is 0 Å². The van der Waals surface area contributed by atoms with Gasteiger partial charge in [-0.05, 0) is 18.6 Å². The second-order valence-corrected chi connectivity index (χ2v) is 9.08. The summed E-state index contributed by atoms with van der Waals surface area (Å²) in [5.41, 5.74) is 0. The smallest absolute Gasteiger partial charge is 0.243 e. The molecule has 0 unspecified atom stereocenters. The number of aromatic nitrogens is 3. The molecule has 146 valence electrons. The van der Waals surface area contributed by atoms with Crippen molar-refractivity contribution in [3.8, 4) is 0 Å². The normalized spacial score (nSPS) is 15.8. The third kappa shape index (κ3) is 4.88. The minimum Gasteiger partial charge on any atom is -0.339 e. The summed E-state index contributed by atoms with van der Waals surface area (Å²) in [6, 6.07) is 8.38. The fourth-order valence-electron chi connectivity index (χ4n) is 2.83. The average Bonchev–Trinajstić information content (AvgIpc) is 3.15. The van der Waals surface area contributed by atoms with E-state index in [9.17, 15) is 13.2 Å². The number of thioether (sulfide) groups is 1. The Hall–Kier alpha value is -1.91. The topological polar surface area (TPSA) is 99.3 Å². The van der Waals surface area contributed by atoms with Crippen LogP contribution in [-0.2, 0) is 21.2 Å². The van der Waals surface area contributed by atoms with Crippen LogP contribution in [-0.4, -0.2) is 70.6 Å². The van der Waals surface area contributed by atoms with Gasteiger partial charge in [0.2, 0.25) is 21.1 Å². The predicted octanol–water partition coefficient (Wildman–Crippen LogP) is 1.38. The van der Waals surface area contributed by atoms with E-state index in [2.05, 4.69) is 22.1 Å². The second-order valence-electron chi connectivity index (χ2n) is 6.20. The van der Waals surface area contributed by atoms with Crippen molar-refractivity contribution in [3.05, 3.63) is 36.2 Å². The maximum Gasteiger partial charge on any atom is 0.243 e. The SMILES string of the molecule is CCCc1nc(SCC(=O)N2CCN(S(=O)(=O)c3ccccc3)CC2)n[nH]1. The molecule has 1 saturated heterocycles. The molecule has 0 aliphatic carbocycles. The van der Waals surface area contributed by atoms with Gasteiger partial charge in [-0.1, -0.05) is 36.9 Å². The van der Waals surface area contributed by atoms with Gasteiger partial charge in [0, 0.05) is 32.6 Å². The van der Waals surface area contributed by atoms with E-state index in [1.165, 1.54) is 16.1 Å². The minimum atomic E-state index is -3.50. The van der Waals surface area contributed by atoms with Crippen LogP contribution in [0.25, 0.3) is 0 Å². The van der Waals surface area contributed by atoms with Crippen LogP contribution in [0.15, 0.2) is 40.4 Å². The second kappa shape index (κ2) is 8.85. The van der Waals surface area contributed by atoms with Crippen molar-refractivity contribution < 1.29 is 13.2 Å². The van der Waals surface area contributed by atoms with Gasteiger partial charge in [-0.2, -0.15) is 4.31 Å². The van der Waals surface area contributed by atoms with E-state index in [0.29, 0.717) is 31.3 Å². The lowest BCUT2D eigenvalue weighted by atomic mass is 10.3. The largest absolute Gasteiger partial charge is 0.339 e. The number of hydrogen-bond donors (Lipinski definition) is 1. The quantitative estimate of drug-likeness (QED) is 0.694. The molecule has 3 rings (SSSR count). The number of piperazine rings is 1. The van der Waals surface area contributed by atoms with Crippen molar-refractivity contribution in [1.82, 2.24) is 24.4 Å². The Labute approximate surface area is 163 Å². The molecular formula is C17H23N5O3S2. The Morgan fingerprint density at radius 3 is 2.56 bits per heavy atom. The Morgan fingerprint density at radius 1 is 1.19 bits per heavy atom. The molecule has 10 heteroatoms. The number of carbonyl (C=O) groups excluding carboxylic acids is 1. The van der Waals surface area contributed by atoms with E-state index in [4.69, 9.17) is 0 Å². The van der Waals surface area contributed by atoms with Crippen LogP contribution in [0.5, 0.6) is 0 Å². The summed E-state index contributed by atoms with van der Waals surface area (Å²) in [6.07, 6.45) is 1.81. The molecule has 1 aromatic heterocycles. The fraction of sp³-hybridized carbons (Fsp3) is 0.471. The molecule has 1 aromatic carbocycles. The van der Waals surface area contributed by atoms with E-state index in [0.717, 1.165) is 18.7 Å². The zero-order valence-electron chi connectivity index (χ0n) is 15.2. The molecule has 2 aromatic rings. The standard InChI is InChI=1S/C17H23N5O3S2/c1-2-6-15-18-17(20-19-15)26-13-16(23)21-9-11-22(12-10-21)27(24,25)14-7-4-3-5-8-14/h3-5,7-8H,2,6,9-13H2,1H3,(H,18,19,20). The highest BCUT2D eigenvalue weighted by molar-refractivity contribution is 7.99. The predicted molar refractivity (Wildman–Crippen MR) is 103 cm³/mol. The van der Waals surface area contributed by atoms with E-state index in [1.54, 1.807) is 35.2 Å². The van der Waals surface area contributed by atoms with Gasteiger partial charge in [0.05, 0.1) is 10.6 Å². The van der Waals surface area contributed by atoms with Gasteiger partial charge in [-0.15, -0.1) is 5.10 Å². The lowest BCUT2D eigenvalue weighted by Gasteiger charge is -2.33. The van der Waals surface area contributed by atoms with Gasteiger partial charge in [0.25, 0.3) is 0 Å². The highest BCUT2D eigenvalue weighted by atomic mass is 32.2. The number of carbonyl (C=O) groups is 1. The van der Waals surface area contributed by atoms with E-state index < -0.39 is 10.0 Å². The summed E-state index contributed by atoms with van der Waals surface area (Å²) in [5.74, 6) is 1.04. The molecule has 1 fully saturated rings. The number of aromatic amines is 1. The van der Waals surface area contributed by atoms with Gasteiger partial charge in [-0.25, -0.2) is 13.4 Å². The van der Waals surface area contributed by atoms with Gasteiger partial charge in [-0.3, -0.25) is 9.89 Å². The molecule has 1 aliphatic rings. The first-order chi connectivity index (χ1) is 13.0. The average molecular weight is 410 g/mol. The number of amides is 1. The molecule has 1 N–H and O–H groups in total. The molecule has 27 heavy (non-hydrogen) atoms. The first-order valence-corrected chi connectivity index (χ1v) is 11.3. The molecule has 1 aliphatic heterocycles. The highest BCUT2D eigenvalue weighted by Crippen LogP contribution is 2.18. The first-order valence-electron chi connectivity index (χ1n) is 8.87. The van der Waals surface area contributed by atoms with E-state index in [-0.39, 0.29) is 16.6 Å². The molecule has 0 saturated carbocycles. The summed E-state index contributed by atoms with van der Waals surface area (Å²) in [4.78, 5) is 18.7. The Balaban J connectivity index is 1.50. The van der Waals surface area contributed by atoms with Crippen molar-refractivity contribution in [2.45, 2.75) is 29.8 Å². The summed E-state index contributed by atoms with van der Waals surface area (Å²) in [7, 11) is -3.50. The van der Waals surface area contributed by atoms with Gasteiger partial charge in [0.1, 0.15) is 5.82 Å². The van der Waals surface area contributed by atoms with E-state index >= 15 is 0 Å². The number of sulfonamides is 1. The molecule has 0 bridgehead atoms. The van der Waals surface area contributed by atoms with Gasteiger partial charge in [0.15, 0.2) is 0 Å². The van der Waals surface area contributed by atoms with Gasteiger partial charge >= 0.3 is 0 Å². The minimum absolute atomic E-state index is 0.0291. The molecular weight excluding hydrogens is 386 g/mol. The number of hydrogen-bond acceptors (Lipinski definition) is 6.